The Hall–Kier alpha value is -1.49. The summed E-state index contributed by atoms with van der Waals surface area (Å²) in [5.41, 5.74) is 1.10. The summed E-state index contributed by atoms with van der Waals surface area (Å²) in [5, 5.41) is 4.18. The van der Waals surface area contributed by atoms with Crippen molar-refractivity contribution in [3.05, 3.63) is 35.9 Å². The van der Waals surface area contributed by atoms with Gasteiger partial charge in [0.15, 0.2) is 0 Å². The number of nitrogens with one attached hydrogen (secondary N) is 1. The summed E-state index contributed by atoms with van der Waals surface area (Å²) in [6.07, 6.45) is 4.77. The van der Waals surface area contributed by atoms with Crippen LogP contribution in [0, 0.1) is 0 Å². The molecule has 0 saturated heterocycles. The Labute approximate surface area is 105 Å². The average Bonchev–Trinajstić information content (AvgIpc) is 2.79. The molecule has 2 aromatic rings. The molecule has 1 N–H and O–H groups in total. The molecule has 0 bridgehead atoms. The number of nitrogens with zero attached hydrogens (tertiary/aromatic N) is 3. The molecule has 90 valence electrons. The van der Waals surface area contributed by atoms with E-state index < -0.39 is 0 Å². The molecule has 4 nitrogen and oxygen atoms in total. The summed E-state index contributed by atoms with van der Waals surface area (Å²) in [5.74, 6) is 0.942. The smallest absolute Gasteiger partial charge is 0.202 e. The van der Waals surface area contributed by atoms with Gasteiger partial charge in [0.05, 0.1) is 0 Å². The van der Waals surface area contributed by atoms with Crippen LogP contribution in [0.1, 0.15) is 24.9 Å². The zero-order valence-electron chi connectivity index (χ0n) is 9.89. The number of aromatic nitrogens is 3. The first-order valence-electron chi connectivity index (χ1n) is 5.85. The highest BCUT2D eigenvalue weighted by Gasteiger charge is 2.02. The highest BCUT2D eigenvalue weighted by atomic mass is 32.1. The van der Waals surface area contributed by atoms with Crippen molar-refractivity contribution in [2.24, 2.45) is 0 Å². The van der Waals surface area contributed by atoms with Crippen LogP contribution in [-0.4, -0.2) is 20.9 Å². The highest BCUT2D eigenvalue weighted by Crippen LogP contribution is 2.11. The molecule has 0 aliphatic carbocycles. The quantitative estimate of drug-likeness (QED) is 0.853. The molecule has 2 heterocycles. The number of hydrogen-bond donors (Lipinski definition) is 1. The maximum Gasteiger partial charge on any atom is 0.202 e. The minimum atomic E-state index is 0.845. The molecule has 0 aliphatic rings. The van der Waals surface area contributed by atoms with Gasteiger partial charge in [-0.25, -0.2) is 4.98 Å². The number of hydrogen-bond acceptors (Lipinski definition) is 5. The third-order valence-electron chi connectivity index (χ3n) is 2.33. The molecular formula is C12H16N4S. The standard InChI is InChI=1S/C12H16N4S/c1-2-5-11-15-12(17-16-11)14-9-7-10-6-3-4-8-13-10/h3-4,6,8H,2,5,7,9H2,1H3,(H,14,15,16). The third-order valence-corrected chi connectivity index (χ3v) is 3.04. The van der Waals surface area contributed by atoms with Gasteiger partial charge in [-0.1, -0.05) is 13.0 Å². The first-order chi connectivity index (χ1) is 8.38. The van der Waals surface area contributed by atoms with Crippen LogP contribution in [0.25, 0.3) is 0 Å². The van der Waals surface area contributed by atoms with Crippen molar-refractivity contribution in [2.45, 2.75) is 26.2 Å². The summed E-state index contributed by atoms with van der Waals surface area (Å²) in [6, 6.07) is 5.97. The van der Waals surface area contributed by atoms with Crippen LogP contribution in [0.4, 0.5) is 5.13 Å². The van der Waals surface area contributed by atoms with Crippen LogP contribution in [0.5, 0.6) is 0 Å². The Kier molecular flexibility index (Phi) is 4.44. The van der Waals surface area contributed by atoms with E-state index >= 15 is 0 Å². The van der Waals surface area contributed by atoms with Gasteiger partial charge in [0.2, 0.25) is 5.13 Å². The number of aryl methyl sites for hydroxylation is 1. The Morgan fingerprint density at radius 1 is 1.29 bits per heavy atom. The SMILES string of the molecule is CCCc1nsc(NCCc2ccccn2)n1. The lowest BCUT2D eigenvalue weighted by molar-refractivity contribution is 0.860. The summed E-state index contributed by atoms with van der Waals surface area (Å²) >= 11 is 1.43. The maximum atomic E-state index is 4.41. The molecule has 2 rings (SSSR count). The van der Waals surface area contributed by atoms with E-state index in [2.05, 4.69) is 26.6 Å². The third kappa shape index (κ3) is 3.78. The largest absolute Gasteiger partial charge is 0.360 e. The van der Waals surface area contributed by atoms with Gasteiger partial charge >= 0.3 is 0 Å². The van der Waals surface area contributed by atoms with Crippen LogP contribution < -0.4 is 5.32 Å². The molecule has 0 radical (unpaired) electrons. The van der Waals surface area contributed by atoms with Crippen molar-refractivity contribution in [1.82, 2.24) is 14.3 Å². The number of anilines is 1. The van der Waals surface area contributed by atoms with E-state index in [1.54, 1.807) is 0 Å². The van der Waals surface area contributed by atoms with E-state index in [4.69, 9.17) is 0 Å². The Balaban J connectivity index is 1.78. The lowest BCUT2D eigenvalue weighted by Crippen LogP contribution is -2.05. The number of pyridine rings is 1. The summed E-state index contributed by atoms with van der Waals surface area (Å²) in [4.78, 5) is 8.68. The lowest BCUT2D eigenvalue weighted by atomic mass is 10.3. The predicted octanol–water partition coefficient (Wildman–Crippen LogP) is 2.54. The van der Waals surface area contributed by atoms with E-state index in [1.165, 1.54) is 11.5 Å². The molecule has 2 aromatic heterocycles. The predicted molar refractivity (Wildman–Crippen MR) is 70.3 cm³/mol. The van der Waals surface area contributed by atoms with Crippen LogP contribution in [0.2, 0.25) is 0 Å². The zero-order chi connectivity index (χ0) is 11.9. The molecule has 0 atom stereocenters. The van der Waals surface area contributed by atoms with E-state index in [-0.39, 0.29) is 0 Å². The Morgan fingerprint density at radius 3 is 3.00 bits per heavy atom. The van der Waals surface area contributed by atoms with Crippen molar-refractivity contribution in [3.8, 4) is 0 Å². The summed E-state index contributed by atoms with van der Waals surface area (Å²) in [6.45, 7) is 2.98. The van der Waals surface area contributed by atoms with Gasteiger partial charge in [-0.05, 0) is 18.6 Å². The van der Waals surface area contributed by atoms with Crippen molar-refractivity contribution >= 4 is 16.7 Å². The first-order valence-corrected chi connectivity index (χ1v) is 6.62. The minimum Gasteiger partial charge on any atom is -0.360 e. The molecular weight excluding hydrogens is 232 g/mol. The molecule has 0 aromatic carbocycles. The Morgan fingerprint density at radius 2 is 2.24 bits per heavy atom. The van der Waals surface area contributed by atoms with Gasteiger partial charge in [0.1, 0.15) is 5.82 Å². The van der Waals surface area contributed by atoms with Gasteiger partial charge in [-0.15, -0.1) is 0 Å². The molecule has 0 unspecified atom stereocenters. The van der Waals surface area contributed by atoms with Crippen LogP contribution in [0.15, 0.2) is 24.4 Å². The van der Waals surface area contributed by atoms with Gasteiger partial charge in [-0.2, -0.15) is 4.37 Å². The fraction of sp³-hybridized carbons (Fsp3) is 0.417. The number of rotatable bonds is 6. The molecule has 0 aliphatic heterocycles. The monoisotopic (exact) mass is 248 g/mol. The van der Waals surface area contributed by atoms with Crippen LogP contribution in [0.3, 0.4) is 0 Å². The highest BCUT2D eigenvalue weighted by molar-refractivity contribution is 7.09. The van der Waals surface area contributed by atoms with Gasteiger partial charge in [0.25, 0.3) is 0 Å². The fourth-order valence-corrected chi connectivity index (χ4v) is 2.13. The van der Waals surface area contributed by atoms with Crippen LogP contribution >= 0.6 is 11.5 Å². The molecule has 0 saturated carbocycles. The lowest BCUT2D eigenvalue weighted by Gasteiger charge is -2.01. The van der Waals surface area contributed by atoms with Crippen molar-refractivity contribution in [3.63, 3.8) is 0 Å². The van der Waals surface area contributed by atoms with Gasteiger partial charge in [0, 0.05) is 42.8 Å². The maximum absolute atomic E-state index is 4.41. The van der Waals surface area contributed by atoms with Crippen LogP contribution in [-0.2, 0) is 12.8 Å². The second-order valence-corrected chi connectivity index (χ2v) is 4.52. The second kappa shape index (κ2) is 6.30. The van der Waals surface area contributed by atoms with Crippen molar-refractivity contribution in [1.29, 1.82) is 0 Å². The van der Waals surface area contributed by atoms with E-state index in [0.29, 0.717) is 0 Å². The van der Waals surface area contributed by atoms with E-state index in [9.17, 15) is 0 Å². The van der Waals surface area contributed by atoms with Gasteiger partial charge in [-0.3, -0.25) is 4.98 Å². The second-order valence-electron chi connectivity index (χ2n) is 3.76. The average molecular weight is 248 g/mol. The first kappa shape index (κ1) is 12.0. The molecule has 5 heteroatoms. The normalized spacial score (nSPS) is 10.4. The topological polar surface area (TPSA) is 50.7 Å². The van der Waals surface area contributed by atoms with Gasteiger partial charge < -0.3 is 5.32 Å². The minimum absolute atomic E-state index is 0.845. The Bertz CT molecular complexity index is 441. The van der Waals surface area contributed by atoms with E-state index in [0.717, 1.165) is 42.5 Å². The van der Waals surface area contributed by atoms with E-state index in [1.807, 2.05) is 24.4 Å². The van der Waals surface area contributed by atoms with Crippen molar-refractivity contribution < 1.29 is 0 Å². The molecule has 0 spiro atoms. The van der Waals surface area contributed by atoms with Crippen molar-refractivity contribution in [2.75, 3.05) is 11.9 Å². The molecule has 0 amide bonds. The fourth-order valence-electron chi connectivity index (χ4n) is 1.49. The zero-order valence-corrected chi connectivity index (χ0v) is 10.7. The molecule has 17 heavy (non-hydrogen) atoms. The summed E-state index contributed by atoms with van der Waals surface area (Å²) < 4.78 is 4.28. The molecule has 0 fully saturated rings. The summed E-state index contributed by atoms with van der Waals surface area (Å²) in [7, 11) is 0.